The second-order valence-corrected chi connectivity index (χ2v) is 4.05. The van der Waals surface area contributed by atoms with Crippen LogP contribution >= 0.6 is 0 Å². The third kappa shape index (κ3) is 4.57. The van der Waals surface area contributed by atoms with E-state index in [0.29, 0.717) is 0 Å². The molecule has 0 saturated heterocycles. The van der Waals surface area contributed by atoms with Crippen molar-refractivity contribution in [3.63, 3.8) is 0 Å². The first kappa shape index (κ1) is 15.5. The van der Waals surface area contributed by atoms with Gasteiger partial charge in [-0.3, -0.25) is 0 Å². The van der Waals surface area contributed by atoms with Crippen molar-refractivity contribution in [1.29, 1.82) is 0 Å². The van der Waals surface area contributed by atoms with Crippen LogP contribution in [0.15, 0.2) is 72.8 Å². The summed E-state index contributed by atoms with van der Waals surface area (Å²) in [6, 6.07) is 23.9. The molecule has 0 bridgehead atoms. The van der Waals surface area contributed by atoms with Gasteiger partial charge in [0, 0.05) is 37.3 Å². The second-order valence-electron chi connectivity index (χ2n) is 4.05. The van der Waals surface area contributed by atoms with E-state index in [1.807, 2.05) is 60.7 Å². The molecule has 0 aliphatic carbocycles. The van der Waals surface area contributed by atoms with E-state index in [-0.39, 0.29) is 26.2 Å². The summed E-state index contributed by atoms with van der Waals surface area (Å²) in [4.78, 5) is 0. The van der Waals surface area contributed by atoms with Gasteiger partial charge in [-0.15, -0.1) is 12.1 Å². The van der Waals surface area contributed by atoms with E-state index < -0.39 is 0 Å². The second kappa shape index (κ2) is 7.81. The van der Waals surface area contributed by atoms with Crippen molar-refractivity contribution in [3.05, 3.63) is 85.3 Å². The number of hydrogen-bond acceptors (Lipinski definition) is 1. The molecule has 0 aromatic heterocycles. The van der Waals surface area contributed by atoms with Gasteiger partial charge in [0.05, 0.1) is 0 Å². The summed E-state index contributed by atoms with van der Waals surface area (Å²) >= 11 is 0. The smallest absolute Gasteiger partial charge is 0.0393 e. The van der Waals surface area contributed by atoms with Crippen LogP contribution in [0.5, 0.6) is 0 Å². The fourth-order valence-corrected chi connectivity index (χ4v) is 1.73. The molecule has 0 aliphatic rings. The summed E-state index contributed by atoms with van der Waals surface area (Å²) in [5.74, 6) is 0. The van der Waals surface area contributed by atoms with Crippen LogP contribution in [0.4, 0.5) is 5.69 Å². The molecule has 2 heteroatoms. The van der Waals surface area contributed by atoms with Crippen molar-refractivity contribution in [2.75, 3.05) is 5.73 Å². The average molecular weight is 326 g/mol. The van der Waals surface area contributed by atoms with Crippen molar-refractivity contribution in [2.45, 2.75) is 0 Å². The summed E-state index contributed by atoms with van der Waals surface area (Å²) in [6.07, 6.45) is 0. The molecule has 0 radical (unpaired) electrons. The fourth-order valence-electron chi connectivity index (χ4n) is 1.73. The molecule has 19 heavy (non-hydrogen) atoms. The largest absolute Gasteiger partial charge is 0.398 e. The first-order valence-corrected chi connectivity index (χ1v) is 5.87. The number of nitrogens with two attached hydrogens (primary N) is 1. The number of anilines is 1. The van der Waals surface area contributed by atoms with Crippen molar-refractivity contribution in [2.24, 2.45) is 0 Å². The topological polar surface area (TPSA) is 26.0 Å². The predicted octanol–water partition coefficient (Wildman–Crippen LogP) is 4.29. The first-order valence-electron chi connectivity index (χ1n) is 5.87. The Morgan fingerprint density at radius 2 is 1.26 bits per heavy atom. The zero-order valence-corrected chi connectivity index (χ0v) is 13.2. The Kier molecular flexibility index (Phi) is 6.38. The Bertz CT molecular complexity index is 615. The van der Waals surface area contributed by atoms with Crippen LogP contribution in [-0.4, -0.2) is 0 Å². The van der Waals surface area contributed by atoms with Gasteiger partial charge in [0.2, 0.25) is 0 Å². The standard InChI is InChI=1S/C10H9N.C7H7.Zr/c11-10-7-3-5-8-4-1-2-6-9(8)10;1-7-5-3-2-4-6-7;/h1-7H,11H2;2-6H,1H2;/q;-1;. The van der Waals surface area contributed by atoms with E-state index in [0.717, 1.165) is 16.6 Å². The van der Waals surface area contributed by atoms with Crippen LogP contribution in [0, 0.1) is 6.92 Å². The van der Waals surface area contributed by atoms with Crippen molar-refractivity contribution in [1.82, 2.24) is 0 Å². The molecule has 0 amide bonds. The molecule has 0 unspecified atom stereocenters. The Balaban J connectivity index is 0.000000198. The summed E-state index contributed by atoms with van der Waals surface area (Å²) in [5.41, 5.74) is 7.68. The molecule has 0 fully saturated rings. The van der Waals surface area contributed by atoms with Crippen LogP contribution in [0.25, 0.3) is 10.8 Å². The Morgan fingerprint density at radius 3 is 1.84 bits per heavy atom. The van der Waals surface area contributed by atoms with Crippen molar-refractivity contribution >= 4 is 16.5 Å². The third-order valence-electron chi connectivity index (χ3n) is 2.67. The first-order chi connectivity index (χ1) is 8.77. The molecule has 0 aliphatic heterocycles. The Morgan fingerprint density at radius 1 is 0.684 bits per heavy atom. The minimum Gasteiger partial charge on any atom is -0.398 e. The molecule has 1 nitrogen and oxygen atoms in total. The maximum atomic E-state index is 5.76. The molecule has 94 valence electrons. The molecule has 0 spiro atoms. The molecule has 0 atom stereocenters. The van der Waals surface area contributed by atoms with Crippen molar-refractivity contribution < 1.29 is 26.2 Å². The predicted molar refractivity (Wildman–Crippen MR) is 79.3 cm³/mol. The monoisotopic (exact) mass is 324 g/mol. The minimum atomic E-state index is 0. The minimum absolute atomic E-state index is 0. The molecule has 2 N–H and O–H groups in total. The van der Waals surface area contributed by atoms with Crippen LogP contribution in [0.2, 0.25) is 0 Å². The van der Waals surface area contributed by atoms with Gasteiger partial charge in [-0.1, -0.05) is 42.5 Å². The Hall–Kier alpha value is -1.53. The van der Waals surface area contributed by atoms with Crippen molar-refractivity contribution in [3.8, 4) is 0 Å². The van der Waals surface area contributed by atoms with Crippen LogP contribution in [0.3, 0.4) is 0 Å². The third-order valence-corrected chi connectivity index (χ3v) is 2.67. The van der Waals surface area contributed by atoms with E-state index >= 15 is 0 Å². The summed E-state index contributed by atoms with van der Waals surface area (Å²) in [7, 11) is 0. The quantitative estimate of drug-likeness (QED) is 0.484. The summed E-state index contributed by atoms with van der Waals surface area (Å²) in [6.45, 7) is 3.72. The van der Waals surface area contributed by atoms with E-state index in [2.05, 4.69) is 19.1 Å². The number of fused-ring (bicyclic) bond motifs is 1. The molecule has 3 rings (SSSR count). The van der Waals surface area contributed by atoms with E-state index in [9.17, 15) is 0 Å². The summed E-state index contributed by atoms with van der Waals surface area (Å²) in [5, 5.41) is 2.34. The molecule has 0 saturated carbocycles. The fraction of sp³-hybridized carbons (Fsp3) is 0. The number of rotatable bonds is 0. The van der Waals surface area contributed by atoms with Gasteiger partial charge in [0.15, 0.2) is 0 Å². The van der Waals surface area contributed by atoms with Gasteiger partial charge in [-0.05, 0) is 11.5 Å². The average Bonchev–Trinajstić information content (AvgIpc) is 2.41. The van der Waals surface area contributed by atoms with E-state index in [1.165, 1.54) is 5.39 Å². The van der Waals surface area contributed by atoms with E-state index in [1.54, 1.807) is 0 Å². The number of nitrogen functional groups attached to an aromatic ring is 1. The number of hydrogen-bond donors (Lipinski definition) is 1. The van der Waals surface area contributed by atoms with Gasteiger partial charge in [-0.2, -0.15) is 24.6 Å². The van der Waals surface area contributed by atoms with Gasteiger partial charge < -0.3 is 5.73 Å². The molecular formula is C17H16NZr-. The Labute approximate surface area is 133 Å². The maximum absolute atomic E-state index is 5.76. The number of benzene rings is 3. The van der Waals surface area contributed by atoms with Crippen LogP contribution in [-0.2, 0) is 26.2 Å². The van der Waals surface area contributed by atoms with Crippen LogP contribution < -0.4 is 5.73 Å². The van der Waals surface area contributed by atoms with Gasteiger partial charge >= 0.3 is 0 Å². The molecule has 3 aromatic carbocycles. The normalized spacial score (nSPS) is 9.05. The van der Waals surface area contributed by atoms with Gasteiger partial charge in [0.25, 0.3) is 0 Å². The zero-order chi connectivity index (χ0) is 12.8. The molecule has 0 heterocycles. The maximum Gasteiger partial charge on any atom is 0.0393 e. The summed E-state index contributed by atoms with van der Waals surface area (Å²) < 4.78 is 0. The van der Waals surface area contributed by atoms with E-state index in [4.69, 9.17) is 5.73 Å². The van der Waals surface area contributed by atoms with Crippen LogP contribution in [0.1, 0.15) is 5.56 Å². The molecule has 3 aromatic rings. The van der Waals surface area contributed by atoms with Gasteiger partial charge in [-0.25, -0.2) is 0 Å². The molecular weight excluding hydrogens is 309 g/mol. The SMILES string of the molecule is Nc1cccc2ccccc12.[CH2-]c1ccccc1.[Zr]. The zero-order valence-electron chi connectivity index (χ0n) is 10.7. The van der Waals surface area contributed by atoms with Gasteiger partial charge in [0.1, 0.15) is 0 Å².